The van der Waals surface area contributed by atoms with Crippen molar-refractivity contribution in [2.24, 2.45) is 0 Å². The minimum atomic E-state index is -0.241. The molecule has 1 aliphatic rings. The molecule has 2 nitrogen and oxygen atoms in total. The molecule has 15 heavy (non-hydrogen) atoms. The van der Waals surface area contributed by atoms with Gasteiger partial charge in [0.05, 0.1) is 6.20 Å². The number of nitrogens with zero attached hydrogens (tertiary/aromatic N) is 1. The van der Waals surface area contributed by atoms with Crippen LogP contribution in [0.15, 0.2) is 16.9 Å². The fourth-order valence-corrected chi connectivity index (χ4v) is 2.43. The molecule has 0 unspecified atom stereocenters. The zero-order valence-electron chi connectivity index (χ0n) is 8.47. The summed E-state index contributed by atoms with van der Waals surface area (Å²) in [5, 5.41) is 3.38. The van der Waals surface area contributed by atoms with E-state index in [0.717, 1.165) is 4.47 Å². The van der Waals surface area contributed by atoms with Gasteiger partial charge in [-0.3, -0.25) is 4.98 Å². The summed E-state index contributed by atoms with van der Waals surface area (Å²) in [5.41, 5.74) is 0.678. The molecule has 0 aliphatic heterocycles. The van der Waals surface area contributed by atoms with Crippen molar-refractivity contribution < 1.29 is 4.39 Å². The Morgan fingerprint density at radius 1 is 1.40 bits per heavy atom. The second-order valence-electron chi connectivity index (χ2n) is 3.94. The van der Waals surface area contributed by atoms with Crippen molar-refractivity contribution in [3.63, 3.8) is 0 Å². The number of hydrogen-bond acceptors (Lipinski definition) is 2. The Kier molecular flexibility index (Phi) is 3.70. The molecule has 1 N–H and O–H groups in total. The number of rotatable bonds is 3. The van der Waals surface area contributed by atoms with Crippen LogP contribution in [0.1, 0.15) is 31.2 Å². The Bertz CT molecular complexity index is 317. The molecule has 0 atom stereocenters. The second kappa shape index (κ2) is 5.03. The molecule has 1 aromatic heterocycles. The van der Waals surface area contributed by atoms with E-state index in [2.05, 4.69) is 26.2 Å². The molecular formula is C11H14BrFN2. The third-order valence-electron chi connectivity index (χ3n) is 2.88. The Morgan fingerprint density at radius 3 is 2.80 bits per heavy atom. The van der Waals surface area contributed by atoms with Crippen LogP contribution in [-0.4, -0.2) is 11.0 Å². The largest absolute Gasteiger partial charge is 0.310 e. The van der Waals surface area contributed by atoms with Gasteiger partial charge in [-0.25, -0.2) is 4.39 Å². The first kappa shape index (κ1) is 11.0. The predicted octanol–water partition coefficient (Wildman–Crippen LogP) is 3.02. The average molecular weight is 273 g/mol. The van der Waals surface area contributed by atoms with Gasteiger partial charge in [-0.2, -0.15) is 0 Å². The summed E-state index contributed by atoms with van der Waals surface area (Å²) in [4.78, 5) is 3.77. The molecule has 0 saturated heterocycles. The molecule has 0 radical (unpaired) electrons. The lowest BCUT2D eigenvalue weighted by Gasteiger charge is -2.12. The Hall–Kier alpha value is -0.480. The molecule has 4 heteroatoms. The van der Waals surface area contributed by atoms with Crippen molar-refractivity contribution in [1.82, 2.24) is 10.3 Å². The summed E-state index contributed by atoms with van der Waals surface area (Å²) in [5.74, 6) is -0.241. The molecule has 0 aromatic carbocycles. The highest BCUT2D eigenvalue weighted by molar-refractivity contribution is 9.10. The van der Waals surface area contributed by atoms with E-state index >= 15 is 0 Å². The highest BCUT2D eigenvalue weighted by Crippen LogP contribution is 2.21. The van der Waals surface area contributed by atoms with Gasteiger partial charge in [0.1, 0.15) is 5.82 Å². The third-order valence-corrected chi connectivity index (χ3v) is 3.56. The lowest BCUT2D eigenvalue weighted by atomic mass is 10.2. The number of hydrogen-bond donors (Lipinski definition) is 1. The zero-order chi connectivity index (χ0) is 10.7. The van der Waals surface area contributed by atoms with Crippen molar-refractivity contribution >= 4 is 15.9 Å². The van der Waals surface area contributed by atoms with Crippen molar-refractivity contribution in [2.45, 2.75) is 38.3 Å². The van der Waals surface area contributed by atoms with Gasteiger partial charge in [-0.15, -0.1) is 0 Å². The van der Waals surface area contributed by atoms with Crippen LogP contribution < -0.4 is 5.32 Å². The van der Waals surface area contributed by atoms with Gasteiger partial charge in [0.25, 0.3) is 0 Å². The standard InChI is InChI=1S/C11H14BrFN2/c12-10-6-14-7-11(13)9(10)5-15-8-3-1-2-4-8/h6-8,15H,1-5H2. The monoisotopic (exact) mass is 272 g/mol. The fraction of sp³-hybridized carbons (Fsp3) is 0.545. The summed E-state index contributed by atoms with van der Waals surface area (Å²) in [6, 6.07) is 0.560. The van der Waals surface area contributed by atoms with E-state index in [1.165, 1.54) is 31.9 Å². The van der Waals surface area contributed by atoms with Gasteiger partial charge in [0.15, 0.2) is 0 Å². The summed E-state index contributed by atoms with van der Waals surface area (Å²) in [7, 11) is 0. The van der Waals surface area contributed by atoms with Crippen LogP contribution in [0.3, 0.4) is 0 Å². The Balaban J connectivity index is 1.97. The SMILES string of the molecule is Fc1cncc(Br)c1CNC1CCCC1. The number of aromatic nitrogens is 1. The van der Waals surface area contributed by atoms with Gasteiger partial charge in [-0.05, 0) is 28.8 Å². The highest BCUT2D eigenvalue weighted by atomic mass is 79.9. The molecular weight excluding hydrogens is 259 g/mol. The van der Waals surface area contributed by atoms with E-state index in [1.807, 2.05) is 0 Å². The van der Waals surface area contributed by atoms with Gasteiger partial charge in [0, 0.05) is 28.8 Å². The zero-order valence-corrected chi connectivity index (χ0v) is 10.1. The quantitative estimate of drug-likeness (QED) is 0.915. The van der Waals surface area contributed by atoms with E-state index in [4.69, 9.17) is 0 Å². The van der Waals surface area contributed by atoms with Crippen molar-refractivity contribution in [3.8, 4) is 0 Å². The smallest absolute Gasteiger partial charge is 0.147 e. The molecule has 1 heterocycles. The van der Waals surface area contributed by atoms with Gasteiger partial charge < -0.3 is 5.32 Å². The van der Waals surface area contributed by atoms with E-state index in [-0.39, 0.29) is 5.82 Å². The van der Waals surface area contributed by atoms with Crippen molar-refractivity contribution in [2.75, 3.05) is 0 Å². The van der Waals surface area contributed by atoms with E-state index < -0.39 is 0 Å². The van der Waals surface area contributed by atoms with Crippen molar-refractivity contribution in [3.05, 3.63) is 28.2 Å². The summed E-state index contributed by atoms with van der Waals surface area (Å²) >= 11 is 3.31. The number of halogens is 2. The maximum Gasteiger partial charge on any atom is 0.147 e. The molecule has 82 valence electrons. The van der Waals surface area contributed by atoms with E-state index in [0.29, 0.717) is 18.2 Å². The summed E-state index contributed by atoms with van der Waals surface area (Å²) in [6.07, 6.45) is 7.90. The molecule has 1 aliphatic carbocycles. The third kappa shape index (κ3) is 2.75. The molecule has 2 rings (SSSR count). The Labute approximate surface area is 97.4 Å². The van der Waals surface area contributed by atoms with Crippen molar-refractivity contribution in [1.29, 1.82) is 0 Å². The molecule has 1 aromatic rings. The number of pyridine rings is 1. The topological polar surface area (TPSA) is 24.9 Å². The van der Waals surface area contributed by atoms with E-state index in [9.17, 15) is 4.39 Å². The maximum atomic E-state index is 13.4. The molecule has 0 amide bonds. The van der Waals surface area contributed by atoms with Crippen LogP contribution in [-0.2, 0) is 6.54 Å². The fourth-order valence-electron chi connectivity index (χ4n) is 1.98. The van der Waals surface area contributed by atoms with Gasteiger partial charge in [0.2, 0.25) is 0 Å². The molecule has 1 fully saturated rings. The molecule has 0 spiro atoms. The lowest BCUT2D eigenvalue weighted by molar-refractivity contribution is 0.506. The first-order valence-corrected chi connectivity index (χ1v) is 6.08. The van der Waals surface area contributed by atoms with Crippen LogP contribution in [0.4, 0.5) is 4.39 Å². The van der Waals surface area contributed by atoms with Crippen LogP contribution in [0.25, 0.3) is 0 Å². The van der Waals surface area contributed by atoms with Crippen LogP contribution in [0, 0.1) is 5.82 Å². The first-order chi connectivity index (χ1) is 7.27. The summed E-state index contributed by atoms with van der Waals surface area (Å²) in [6.45, 7) is 0.583. The Morgan fingerprint density at radius 2 is 2.13 bits per heavy atom. The second-order valence-corrected chi connectivity index (χ2v) is 4.80. The van der Waals surface area contributed by atoms with Crippen LogP contribution in [0.5, 0.6) is 0 Å². The van der Waals surface area contributed by atoms with Crippen LogP contribution >= 0.6 is 15.9 Å². The minimum Gasteiger partial charge on any atom is -0.310 e. The summed E-state index contributed by atoms with van der Waals surface area (Å²) < 4.78 is 14.1. The maximum absolute atomic E-state index is 13.4. The van der Waals surface area contributed by atoms with Gasteiger partial charge in [-0.1, -0.05) is 12.8 Å². The van der Waals surface area contributed by atoms with Crippen LogP contribution in [0.2, 0.25) is 0 Å². The van der Waals surface area contributed by atoms with Gasteiger partial charge >= 0.3 is 0 Å². The first-order valence-electron chi connectivity index (χ1n) is 5.28. The normalized spacial score (nSPS) is 17.2. The minimum absolute atomic E-state index is 0.241. The lowest BCUT2D eigenvalue weighted by Crippen LogP contribution is -2.26. The highest BCUT2D eigenvalue weighted by Gasteiger charge is 2.15. The average Bonchev–Trinajstić information content (AvgIpc) is 2.70. The predicted molar refractivity (Wildman–Crippen MR) is 61.0 cm³/mol. The molecule has 0 bridgehead atoms. The molecule has 1 saturated carbocycles. The number of nitrogens with one attached hydrogen (secondary N) is 1. The van der Waals surface area contributed by atoms with E-state index in [1.54, 1.807) is 6.20 Å².